The third-order valence-electron chi connectivity index (χ3n) is 3.55. The zero-order valence-corrected chi connectivity index (χ0v) is 13.1. The van der Waals surface area contributed by atoms with Crippen molar-refractivity contribution in [2.75, 3.05) is 33.2 Å². The minimum absolute atomic E-state index is 0.0502. The fourth-order valence-corrected chi connectivity index (χ4v) is 2.30. The lowest BCUT2D eigenvalue weighted by molar-refractivity contribution is -0.275. The van der Waals surface area contributed by atoms with Gasteiger partial charge in [0, 0.05) is 32.2 Å². The molecule has 132 valence electrons. The standard InChI is InChI=1S/C15H18F3N3O3/c1-20(14(23)10-21-7-6-19-8-13(21)22)9-11-4-2-3-5-12(11)24-15(16,17)18/h2-5,19H,6-10H2,1H3. The molecule has 0 radical (unpaired) electrons. The molecule has 1 aliphatic heterocycles. The van der Waals surface area contributed by atoms with Gasteiger partial charge >= 0.3 is 6.36 Å². The molecule has 0 atom stereocenters. The molecule has 1 aromatic rings. The van der Waals surface area contributed by atoms with E-state index in [4.69, 9.17) is 0 Å². The summed E-state index contributed by atoms with van der Waals surface area (Å²) in [5, 5.41) is 2.90. The third-order valence-corrected chi connectivity index (χ3v) is 3.55. The lowest BCUT2D eigenvalue weighted by atomic mass is 10.2. The Balaban J connectivity index is 2.00. The number of nitrogens with zero attached hydrogens (tertiary/aromatic N) is 2. The van der Waals surface area contributed by atoms with Gasteiger partial charge in [0.1, 0.15) is 5.75 Å². The van der Waals surface area contributed by atoms with E-state index in [2.05, 4.69) is 10.1 Å². The van der Waals surface area contributed by atoms with Crippen molar-refractivity contribution >= 4 is 11.8 Å². The smallest absolute Gasteiger partial charge is 0.405 e. The first-order chi connectivity index (χ1) is 11.3. The molecular weight excluding hydrogens is 327 g/mol. The van der Waals surface area contributed by atoms with Crippen molar-refractivity contribution in [2.24, 2.45) is 0 Å². The molecule has 2 rings (SSSR count). The number of hydrogen-bond acceptors (Lipinski definition) is 4. The zero-order chi connectivity index (χ0) is 17.7. The second-order valence-electron chi connectivity index (χ2n) is 5.40. The van der Waals surface area contributed by atoms with E-state index < -0.39 is 6.36 Å². The Hall–Kier alpha value is -2.29. The highest BCUT2D eigenvalue weighted by Gasteiger charge is 2.32. The first-order valence-electron chi connectivity index (χ1n) is 7.32. The Morgan fingerprint density at radius 1 is 1.38 bits per heavy atom. The van der Waals surface area contributed by atoms with Gasteiger partial charge in [0.05, 0.1) is 13.1 Å². The number of nitrogens with one attached hydrogen (secondary N) is 1. The molecule has 1 aliphatic rings. The summed E-state index contributed by atoms with van der Waals surface area (Å²) in [6.07, 6.45) is -4.80. The van der Waals surface area contributed by atoms with Crippen LogP contribution in [-0.4, -0.2) is 61.2 Å². The van der Waals surface area contributed by atoms with Gasteiger partial charge in [0.25, 0.3) is 0 Å². The predicted molar refractivity (Wildman–Crippen MR) is 79.0 cm³/mol. The van der Waals surface area contributed by atoms with Gasteiger partial charge in [-0.25, -0.2) is 0 Å². The van der Waals surface area contributed by atoms with Crippen LogP contribution in [0.2, 0.25) is 0 Å². The summed E-state index contributed by atoms with van der Waals surface area (Å²) in [5.74, 6) is -0.876. The molecule has 2 amide bonds. The number of carbonyl (C=O) groups excluding carboxylic acids is 2. The molecule has 0 spiro atoms. The number of carbonyl (C=O) groups is 2. The highest BCUT2D eigenvalue weighted by Crippen LogP contribution is 2.26. The molecule has 1 N–H and O–H groups in total. The Morgan fingerprint density at radius 3 is 2.75 bits per heavy atom. The monoisotopic (exact) mass is 345 g/mol. The average molecular weight is 345 g/mol. The quantitative estimate of drug-likeness (QED) is 0.864. The number of rotatable bonds is 5. The van der Waals surface area contributed by atoms with Gasteiger partial charge in [-0.15, -0.1) is 13.2 Å². The third kappa shape index (κ3) is 5.12. The number of piperazine rings is 1. The van der Waals surface area contributed by atoms with Crippen LogP contribution in [0.25, 0.3) is 0 Å². The van der Waals surface area contributed by atoms with Crippen LogP contribution < -0.4 is 10.1 Å². The maximum atomic E-state index is 12.4. The summed E-state index contributed by atoms with van der Waals surface area (Å²) in [7, 11) is 1.47. The van der Waals surface area contributed by atoms with E-state index in [9.17, 15) is 22.8 Å². The van der Waals surface area contributed by atoms with E-state index >= 15 is 0 Å². The van der Waals surface area contributed by atoms with Crippen LogP contribution in [0.15, 0.2) is 24.3 Å². The lowest BCUT2D eigenvalue weighted by Crippen LogP contribution is -2.51. The Labute approximate surface area is 137 Å². The predicted octanol–water partition coefficient (Wildman–Crippen LogP) is 0.975. The molecule has 1 fully saturated rings. The van der Waals surface area contributed by atoms with Crippen LogP contribution in [0.1, 0.15) is 5.56 Å². The van der Waals surface area contributed by atoms with Crippen LogP contribution in [0, 0.1) is 0 Å². The molecular formula is C15H18F3N3O3. The number of benzene rings is 1. The van der Waals surface area contributed by atoms with Crippen molar-refractivity contribution in [1.82, 2.24) is 15.1 Å². The fraction of sp³-hybridized carbons (Fsp3) is 0.467. The summed E-state index contributed by atoms with van der Waals surface area (Å²) < 4.78 is 41.2. The average Bonchev–Trinajstić information content (AvgIpc) is 2.50. The summed E-state index contributed by atoms with van der Waals surface area (Å²) in [6.45, 7) is 1.06. The summed E-state index contributed by atoms with van der Waals surface area (Å²) >= 11 is 0. The van der Waals surface area contributed by atoms with Crippen molar-refractivity contribution < 1.29 is 27.5 Å². The van der Waals surface area contributed by atoms with Crippen molar-refractivity contribution in [3.05, 3.63) is 29.8 Å². The molecule has 1 aromatic carbocycles. The molecule has 6 nitrogen and oxygen atoms in total. The summed E-state index contributed by atoms with van der Waals surface area (Å²) in [5.41, 5.74) is 0.234. The second kappa shape index (κ2) is 7.52. The van der Waals surface area contributed by atoms with Gasteiger partial charge in [-0.2, -0.15) is 0 Å². The van der Waals surface area contributed by atoms with Gasteiger partial charge < -0.3 is 19.9 Å². The first kappa shape index (κ1) is 18.1. The van der Waals surface area contributed by atoms with Crippen molar-refractivity contribution in [1.29, 1.82) is 0 Å². The van der Waals surface area contributed by atoms with Gasteiger partial charge in [-0.3, -0.25) is 9.59 Å². The molecule has 0 bridgehead atoms. The number of hydrogen-bond donors (Lipinski definition) is 1. The van der Waals surface area contributed by atoms with Gasteiger partial charge in [0.2, 0.25) is 11.8 Å². The maximum absolute atomic E-state index is 12.4. The van der Waals surface area contributed by atoms with E-state index in [1.54, 1.807) is 6.07 Å². The van der Waals surface area contributed by atoms with Crippen LogP contribution in [0.3, 0.4) is 0 Å². The molecule has 9 heteroatoms. The van der Waals surface area contributed by atoms with Gasteiger partial charge in [-0.05, 0) is 6.07 Å². The van der Waals surface area contributed by atoms with Crippen molar-refractivity contribution in [3.63, 3.8) is 0 Å². The van der Waals surface area contributed by atoms with Crippen LogP contribution in [-0.2, 0) is 16.1 Å². The van der Waals surface area contributed by atoms with E-state index in [0.29, 0.717) is 13.1 Å². The van der Waals surface area contributed by atoms with Crippen molar-refractivity contribution in [3.8, 4) is 5.75 Å². The Bertz CT molecular complexity index is 607. The first-order valence-corrected chi connectivity index (χ1v) is 7.32. The van der Waals surface area contributed by atoms with Crippen molar-refractivity contribution in [2.45, 2.75) is 12.9 Å². The second-order valence-corrected chi connectivity index (χ2v) is 5.40. The molecule has 0 saturated carbocycles. The van der Waals surface area contributed by atoms with Gasteiger partial charge in [0.15, 0.2) is 0 Å². The minimum Gasteiger partial charge on any atom is -0.405 e. The number of amides is 2. The maximum Gasteiger partial charge on any atom is 0.573 e. The van der Waals surface area contributed by atoms with Gasteiger partial charge in [-0.1, -0.05) is 18.2 Å². The number of ether oxygens (including phenoxy) is 1. The normalized spacial score (nSPS) is 15.3. The largest absolute Gasteiger partial charge is 0.573 e. The lowest BCUT2D eigenvalue weighted by Gasteiger charge is -2.29. The van der Waals surface area contributed by atoms with E-state index in [1.165, 1.54) is 35.0 Å². The van der Waals surface area contributed by atoms with E-state index in [-0.39, 0.29) is 42.8 Å². The Kier molecular flexibility index (Phi) is 5.66. The van der Waals surface area contributed by atoms with Crippen LogP contribution in [0.5, 0.6) is 5.75 Å². The topological polar surface area (TPSA) is 61.9 Å². The summed E-state index contributed by atoms with van der Waals surface area (Å²) in [6, 6.07) is 5.64. The number of alkyl halides is 3. The zero-order valence-electron chi connectivity index (χ0n) is 13.1. The fourth-order valence-electron chi connectivity index (χ4n) is 2.30. The van der Waals surface area contributed by atoms with Crippen LogP contribution >= 0.6 is 0 Å². The molecule has 24 heavy (non-hydrogen) atoms. The molecule has 0 aromatic heterocycles. The number of halogens is 3. The van der Waals surface area contributed by atoms with E-state index in [0.717, 1.165) is 0 Å². The van der Waals surface area contributed by atoms with Crippen LogP contribution in [0.4, 0.5) is 13.2 Å². The highest BCUT2D eigenvalue weighted by molar-refractivity contribution is 5.86. The molecule has 1 heterocycles. The highest BCUT2D eigenvalue weighted by atomic mass is 19.4. The Morgan fingerprint density at radius 2 is 2.08 bits per heavy atom. The minimum atomic E-state index is -4.80. The number of para-hydroxylation sites is 1. The SMILES string of the molecule is CN(Cc1ccccc1OC(F)(F)F)C(=O)CN1CCNCC1=O. The van der Waals surface area contributed by atoms with E-state index in [1.807, 2.05) is 0 Å². The molecule has 1 saturated heterocycles. The molecule has 0 aliphatic carbocycles. The molecule has 0 unspecified atom stereocenters. The number of likely N-dealkylation sites (N-methyl/N-ethyl adjacent to an activating group) is 1. The summed E-state index contributed by atoms with van der Waals surface area (Å²) in [4.78, 5) is 26.6.